The molecule has 3 aliphatic heterocycles. The SMILES string of the molecule is COCCCC1Oc2c3cc(c4cc(O)ccc24)OCC#CCC2(NCO)CCC(CO)C2OC3C1C1COc2c(Cc3cc(O)ccc3-c3cccc(O)c3)cc(OC3CCCC3)cc2C1O. The van der Waals surface area contributed by atoms with Gasteiger partial charge >= 0.3 is 0 Å². The fraction of sp³-hybridized carbons (Fsp3) is 0.455. The van der Waals surface area contributed by atoms with E-state index in [1.165, 1.54) is 0 Å². The van der Waals surface area contributed by atoms with Crippen molar-refractivity contribution in [2.24, 2.45) is 17.8 Å². The Morgan fingerprint density at radius 3 is 2.46 bits per heavy atom. The highest BCUT2D eigenvalue weighted by molar-refractivity contribution is 5.96. The molecule has 2 aliphatic carbocycles. The fourth-order valence-electron chi connectivity index (χ4n) is 11.8. The van der Waals surface area contributed by atoms with Crippen LogP contribution in [0, 0.1) is 29.6 Å². The van der Waals surface area contributed by atoms with E-state index < -0.39 is 41.8 Å². The molecule has 8 atom stereocenters. The molecule has 0 radical (unpaired) electrons. The first kappa shape index (κ1) is 46.0. The zero-order valence-electron chi connectivity index (χ0n) is 38.4. The van der Waals surface area contributed by atoms with E-state index in [0.29, 0.717) is 84.6 Å². The van der Waals surface area contributed by atoms with Gasteiger partial charge in [-0.1, -0.05) is 30.0 Å². The van der Waals surface area contributed by atoms with Crippen LogP contribution in [0.2, 0.25) is 0 Å². The predicted octanol–water partition coefficient (Wildman–Crippen LogP) is 7.97. The molecule has 3 heterocycles. The molecule has 10 rings (SSSR count). The number of rotatable bonds is 13. The Labute approximate surface area is 396 Å². The summed E-state index contributed by atoms with van der Waals surface area (Å²) in [4.78, 5) is 0. The van der Waals surface area contributed by atoms with Crippen LogP contribution in [0.5, 0.6) is 40.2 Å². The molecular formula is C55H61NO12. The lowest BCUT2D eigenvalue weighted by Crippen LogP contribution is -2.56. The third-order valence-electron chi connectivity index (χ3n) is 15.0. The number of phenols is 3. The number of benzene rings is 5. The summed E-state index contributed by atoms with van der Waals surface area (Å²) in [7, 11) is 1.67. The maximum Gasteiger partial charge on any atom is 0.149 e. The van der Waals surface area contributed by atoms with Crippen molar-refractivity contribution in [3.8, 4) is 63.2 Å². The first-order valence-corrected chi connectivity index (χ1v) is 24.1. The molecule has 2 bridgehead atoms. The standard InChI is InChI=1S/C55H61NO12/c1-63-20-7-12-47-49(53-45-28-48(43-26-38(61)14-16-42(43)52(45)67-47)64-21-5-4-18-55(56-31-58)19-17-33(29-57)54(55)68-53)46-30-65-51-35(25-40(27-44(51)50(46)62)66-39-10-2-3-11-39)22-34-24-37(60)13-15-41(34)32-8-6-9-36(59)23-32/h6,8-9,13-16,23-28,33,39,46-47,49-50,53-54,56-62H,2-3,7,10-12,17-22,29-31H2,1H3. The molecule has 0 spiro atoms. The van der Waals surface area contributed by atoms with Gasteiger partial charge in [-0.25, -0.2) is 0 Å². The van der Waals surface area contributed by atoms with Crippen LogP contribution in [0.15, 0.2) is 78.9 Å². The molecule has 2 saturated carbocycles. The zero-order valence-corrected chi connectivity index (χ0v) is 38.4. The number of methoxy groups -OCH3 is 1. The van der Waals surface area contributed by atoms with Gasteiger partial charge < -0.3 is 59.1 Å². The number of aromatic hydroxyl groups is 3. The van der Waals surface area contributed by atoms with Gasteiger partial charge in [0.1, 0.15) is 53.0 Å². The van der Waals surface area contributed by atoms with E-state index >= 15 is 0 Å². The number of ether oxygens (including phenoxy) is 6. The Hall–Kier alpha value is -5.72. The quantitative estimate of drug-likeness (QED) is 0.0343. The lowest BCUT2D eigenvalue weighted by atomic mass is 9.72. The number of hydrogen-bond acceptors (Lipinski definition) is 13. The van der Waals surface area contributed by atoms with Gasteiger partial charge in [-0.2, -0.15) is 0 Å². The topological polar surface area (TPSA) is 189 Å². The first-order chi connectivity index (χ1) is 33.2. The Morgan fingerprint density at radius 1 is 0.824 bits per heavy atom. The Bertz CT molecular complexity index is 2690. The van der Waals surface area contributed by atoms with Crippen LogP contribution in [0.25, 0.3) is 21.9 Å². The molecule has 68 heavy (non-hydrogen) atoms. The monoisotopic (exact) mass is 927 g/mol. The number of aliphatic hydroxyl groups excluding tert-OH is 3. The van der Waals surface area contributed by atoms with E-state index in [4.69, 9.17) is 28.4 Å². The van der Waals surface area contributed by atoms with Gasteiger partial charge in [0.05, 0.1) is 43.3 Å². The van der Waals surface area contributed by atoms with E-state index in [-0.39, 0.29) is 55.8 Å². The van der Waals surface area contributed by atoms with Crippen LogP contribution < -0.4 is 24.3 Å². The highest BCUT2D eigenvalue weighted by atomic mass is 16.5. The smallest absolute Gasteiger partial charge is 0.149 e. The van der Waals surface area contributed by atoms with Gasteiger partial charge in [-0.05, 0) is 129 Å². The van der Waals surface area contributed by atoms with Crippen LogP contribution >= 0.6 is 0 Å². The summed E-state index contributed by atoms with van der Waals surface area (Å²) >= 11 is 0. The average Bonchev–Trinajstić information content (AvgIpc) is 3.97. The van der Waals surface area contributed by atoms with Gasteiger partial charge in [-0.15, -0.1) is 0 Å². The number of aliphatic hydroxyl groups is 3. The number of phenolic OH excluding ortho intramolecular Hbond substituents is 3. The molecule has 5 aromatic carbocycles. The summed E-state index contributed by atoms with van der Waals surface area (Å²) in [6, 6.07) is 23.1. The second-order valence-electron chi connectivity index (χ2n) is 19.2. The summed E-state index contributed by atoms with van der Waals surface area (Å²) in [5, 5.41) is 71.3. The molecular weight excluding hydrogens is 867 g/mol. The molecule has 2 fully saturated rings. The minimum Gasteiger partial charge on any atom is -0.508 e. The van der Waals surface area contributed by atoms with Crippen LogP contribution in [0.3, 0.4) is 0 Å². The number of nitrogens with one attached hydrogen (secondary N) is 1. The third kappa shape index (κ3) is 8.90. The van der Waals surface area contributed by atoms with Crippen LogP contribution in [0.1, 0.15) is 92.2 Å². The molecule has 0 aromatic heterocycles. The van der Waals surface area contributed by atoms with Gasteiger partial charge in [0.2, 0.25) is 0 Å². The molecule has 13 nitrogen and oxygen atoms in total. The number of hydrogen-bond donors (Lipinski definition) is 7. The van der Waals surface area contributed by atoms with Crippen LogP contribution in [-0.2, 0) is 15.9 Å². The van der Waals surface area contributed by atoms with Crippen molar-refractivity contribution in [3.63, 3.8) is 0 Å². The lowest BCUT2D eigenvalue weighted by Gasteiger charge is -2.49. The predicted molar refractivity (Wildman–Crippen MR) is 254 cm³/mol. The summed E-state index contributed by atoms with van der Waals surface area (Å²) < 4.78 is 40.4. The fourth-order valence-corrected chi connectivity index (χ4v) is 11.8. The highest BCUT2D eigenvalue weighted by Crippen LogP contribution is 2.57. The third-order valence-corrected chi connectivity index (χ3v) is 15.0. The minimum absolute atomic E-state index is 0.0246. The minimum atomic E-state index is -1.10. The molecule has 5 aromatic rings. The average molecular weight is 928 g/mol. The molecule has 0 amide bonds. The Balaban J connectivity index is 1.12. The van der Waals surface area contributed by atoms with Crippen molar-refractivity contribution in [1.82, 2.24) is 5.32 Å². The summed E-state index contributed by atoms with van der Waals surface area (Å²) in [6.45, 7) is 0.177. The van der Waals surface area contributed by atoms with Gasteiger partial charge in [-0.3, -0.25) is 5.32 Å². The lowest BCUT2D eigenvalue weighted by molar-refractivity contribution is -0.158. The van der Waals surface area contributed by atoms with Crippen LogP contribution in [0.4, 0.5) is 0 Å². The van der Waals surface area contributed by atoms with Crippen molar-refractivity contribution in [1.29, 1.82) is 0 Å². The van der Waals surface area contributed by atoms with Crippen molar-refractivity contribution in [2.45, 2.75) is 100 Å². The summed E-state index contributed by atoms with van der Waals surface area (Å²) in [6.07, 6.45) is 4.10. The van der Waals surface area contributed by atoms with Crippen LogP contribution in [-0.4, -0.2) is 94.8 Å². The Morgan fingerprint density at radius 2 is 1.65 bits per heavy atom. The van der Waals surface area contributed by atoms with E-state index in [9.17, 15) is 30.6 Å². The number of fused-ring (bicyclic) bond motifs is 6. The zero-order chi connectivity index (χ0) is 46.9. The normalized spacial score (nSPS) is 26.5. The van der Waals surface area contributed by atoms with Gasteiger partial charge in [0.25, 0.3) is 0 Å². The first-order valence-electron chi connectivity index (χ1n) is 24.1. The van der Waals surface area contributed by atoms with E-state index in [1.807, 2.05) is 36.4 Å². The molecule has 13 heteroatoms. The molecule has 5 aliphatic rings. The van der Waals surface area contributed by atoms with Gasteiger partial charge in [0.15, 0.2) is 0 Å². The van der Waals surface area contributed by atoms with Crippen molar-refractivity contribution in [2.75, 3.05) is 40.3 Å². The van der Waals surface area contributed by atoms with Crippen molar-refractivity contribution in [3.05, 3.63) is 101 Å². The van der Waals surface area contributed by atoms with Crippen molar-refractivity contribution < 1.29 is 59.1 Å². The summed E-state index contributed by atoms with van der Waals surface area (Å²) in [5.41, 5.74) is 3.65. The second kappa shape index (κ2) is 19.7. The maximum atomic E-state index is 13.2. The Kier molecular flexibility index (Phi) is 13.3. The molecule has 358 valence electrons. The van der Waals surface area contributed by atoms with E-state index in [0.717, 1.165) is 53.3 Å². The van der Waals surface area contributed by atoms with E-state index in [1.54, 1.807) is 49.6 Å². The van der Waals surface area contributed by atoms with Crippen molar-refractivity contribution >= 4 is 10.8 Å². The van der Waals surface area contributed by atoms with E-state index in [2.05, 4.69) is 17.2 Å². The molecule has 8 unspecified atom stereocenters. The molecule has 0 saturated heterocycles. The maximum absolute atomic E-state index is 13.2. The second-order valence-corrected chi connectivity index (χ2v) is 19.2. The molecule has 7 N–H and O–H groups in total. The summed E-state index contributed by atoms with van der Waals surface area (Å²) in [5.74, 6) is 7.51. The van der Waals surface area contributed by atoms with Gasteiger partial charge in [0, 0.05) is 78.4 Å². The largest absolute Gasteiger partial charge is 0.508 e. The highest BCUT2D eigenvalue weighted by Gasteiger charge is 2.55.